The summed E-state index contributed by atoms with van der Waals surface area (Å²) in [7, 11) is 3.87. The summed E-state index contributed by atoms with van der Waals surface area (Å²) in [5.41, 5.74) is 0.885. The summed E-state index contributed by atoms with van der Waals surface area (Å²) in [4.78, 5) is 14.3. The lowest BCUT2D eigenvalue weighted by molar-refractivity contribution is 0.497. The second-order valence-corrected chi connectivity index (χ2v) is 7.99. The molecule has 3 aromatic rings. The van der Waals surface area contributed by atoms with Crippen LogP contribution in [0.5, 0.6) is 0 Å². The number of aromatic nitrogens is 7. The van der Waals surface area contributed by atoms with Crippen LogP contribution in [0.3, 0.4) is 0 Å². The highest BCUT2D eigenvalue weighted by Gasteiger charge is 2.25. The number of nitrogens with zero attached hydrogens (tertiary/aromatic N) is 7. The van der Waals surface area contributed by atoms with E-state index in [2.05, 4.69) is 34.3 Å². The van der Waals surface area contributed by atoms with E-state index in [0.717, 1.165) is 34.9 Å². The predicted molar refractivity (Wildman–Crippen MR) is 104 cm³/mol. The molecular weight excluding hydrogens is 340 g/mol. The zero-order chi connectivity index (χ0) is 19.0. The van der Waals surface area contributed by atoms with Gasteiger partial charge in [-0.1, -0.05) is 26.7 Å². The topological polar surface area (TPSA) is 86.3 Å². The molecule has 0 saturated heterocycles. The first kappa shape index (κ1) is 17.9. The molecule has 0 spiro atoms. The molecule has 1 atom stereocenters. The molecule has 1 N–H and O–H groups in total. The van der Waals surface area contributed by atoms with E-state index < -0.39 is 0 Å². The van der Waals surface area contributed by atoms with Gasteiger partial charge in [0.25, 0.3) is 0 Å². The summed E-state index contributed by atoms with van der Waals surface area (Å²) >= 11 is 0. The molecule has 3 heterocycles. The van der Waals surface area contributed by atoms with Gasteiger partial charge in [-0.05, 0) is 25.2 Å². The molecule has 0 bridgehead atoms. The maximum absolute atomic E-state index is 4.95. The van der Waals surface area contributed by atoms with Gasteiger partial charge in [0.05, 0.1) is 17.6 Å². The Kier molecular flexibility index (Phi) is 4.80. The summed E-state index contributed by atoms with van der Waals surface area (Å²) in [6.45, 7) is 4.43. The first-order valence-electron chi connectivity index (χ1n) is 9.83. The molecule has 0 amide bonds. The van der Waals surface area contributed by atoms with Crippen molar-refractivity contribution in [2.75, 3.05) is 5.32 Å². The van der Waals surface area contributed by atoms with Crippen molar-refractivity contribution in [3.05, 3.63) is 24.2 Å². The lowest BCUT2D eigenvalue weighted by Gasteiger charge is -2.21. The molecule has 3 aromatic heterocycles. The highest BCUT2D eigenvalue weighted by Crippen LogP contribution is 2.35. The molecule has 144 valence electrons. The number of hydrogen-bond acceptors (Lipinski definition) is 6. The Morgan fingerprint density at radius 3 is 2.56 bits per heavy atom. The van der Waals surface area contributed by atoms with Gasteiger partial charge in [-0.25, -0.2) is 15.0 Å². The molecule has 1 aliphatic rings. The second kappa shape index (κ2) is 7.25. The Morgan fingerprint density at radius 1 is 1.11 bits per heavy atom. The van der Waals surface area contributed by atoms with Crippen molar-refractivity contribution in [1.82, 2.24) is 34.5 Å². The van der Waals surface area contributed by atoms with Crippen LogP contribution in [0.25, 0.3) is 11.0 Å². The lowest BCUT2D eigenvalue weighted by atomic mass is 10.0. The molecule has 8 nitrogen and oxygen atoms in total. The molecule has 0 aromatic carbocycles. The number of aryl methyl sites for hydroxylation is 2. The van der Waals surface area contributed by atoms with E-state index in [1.165, 1.54) is 25.7 Å². The minimum absolute atomic E-state index is 0.0345. The average molecular weight is 368 g/mol. The zero-order valence-electron chi connectivity index (χ0n) is 16.6. The van der Waals surface area contributed by atoms with Gasteiger partial charge < -0.3 is 5.32 Å². The second-order valence-electron chi connectivity index (χ2n) is 7.99. The highest BCUT2D eigenvalue weighted by atomic mass is 15.3. The van der Waals surface area contributed by atoms with Crippen molar-refractivity contribution >= 4 is 16.9 Å². The van der Waals surface area contributed by atoms with Crippen molar-refractivity contribution in [2.24, 2.45) is 20.0 Å². The smallest absolute Gasteiger partial charge is 0.163 e. The first-order chi connectivity index (χ1) is 13.0. The molecule has 0 unspecified atom stereocenters. The van der Waals surface area contributed by atoms with Crippen LogP contribution in [0, 0.1) is 5.92 Å². The fraction of sp³-hybridized carbons (Fsp3) is 0.632. The summed E-state index contributed by atoms with van der Waals surface area (Å²) in [6, 6.07) is 0.0345. The molecule has 1 aliphatic carbocycles. The van der Waals surface area contributed by atoms with E-state index in [1.54, 1.807) is 6.33 Å². The third-order valence-corrected chi connectivity index (χ3v) is 5.41. The minimum atomic E-state index is 0.0345. The van der Waals surface area contributed by atoms with Crippen LogP contribution >= 0.6 is 0 Å². The lowest BCUT2D eigenvalue weighted by Crippen LogP contribution is -2.19. The largest absolute Gasteiger partial charge is 0.359 e. The fourth-order valence-electron chi connectivity index (χ4n) is 4.00. The van der Waals surface area contributed by atoms with Crippen LogP contribution in [-0.2, 0) is 14.1 Å². The molecular formula is C19H28N8. The third-order valence-electron chi connectivity index (χ3n) is 5.41. The summed E-state index contributed by atoms with van der Waals surface area (Å²) in [6.07, 6.45) is 9.25. The van der Waals surface area contributed by atoms with E-state index in [9.17, 15) is 0 Å². The van der Waals surface area contributed by atoms with Gasteiger partial charge in [0.2, 0.25) is 0 Å². The van der Waals surface area contributed by atoms with Crippen LogP contribution in [0.1, 0.15) is 69.6 Å². The minimum Gasteiger partial charge on any atom is -0.359 e. The monoisotopic (exact) mass is 368 g/mol. The maximum Gasteiger partial charge on any atom is 0.163 e. The number of hydrogen-bond donors (Lipinski definition) is 1. The Bertz CT molecular complexity index is 919. The SMILES string of the molecule is CC(C)C[C@@H](Nc1nc(C2CCCC2)nc2c1cnn2C)c1ncnn1C. The Labute approximate surface area is 159 Å². The quantitative estimate of drug-likeness (QED) is 0.718. The number of fused-ring (bicyclic) bond motifs is 1. The normalized spacial score (nSPS) is 16.5. The van der Waals surface area contributed by atoms with Crippen LogP contribution in [0.2, 0.25) is 0 Å². The van der Waals surface area contributed by atoms with E-state index >= 15 is 0 Å². The van der Waals surface area contributed by atoms with Crippen molar-refractivity contribution in [2.45, 2.75) is 57.9 Å². The summed E-state index contributed by atoms with van der Waals surface area (Å²) in [5.74, 6) is 3.67. The fourth-order valence-corrected chi connectivity index (χ4v) is 4.00. The first-order valence-corrected chi connectivity index (χ1v) is 9.83. The van der Waals surface area contributed by atoms with Crippen LogP contribution < -0.4 is 5.32 Å². The standard InChI is InChI=1S/C19H28N8/c1-12(2)9-15(19-20-11-22-27(19)4)23-17-14-10-21-26(3)18(14)25-16(24-17)13-7-5-6-8-13/h10-13,15H,5-9H2,1-4H3,(H,23,24,25)/t15-/m1/s1. The van der Waals surface area contributed by atoms with Crippen molar-refractivity contribution in [3.63, 3.8) is 0 Å². The Hall–Kier alpha value is -2.51. The highest BCUT2D eigenvalue weighted by molar-refractivity contribution is 5.86. The average Bonchev–Trinajstić information content (AvgIpc) is 3.36. The summed E-state index contributed by atoms with van der Waals surface area (Å²) in [5, 5.41) is 13.3. The van der Waals surface area contributed by atoms with E-state index in [-0.39, 0.29) is 6.04 Å². The van der Waals surface area contributed by atoms with Gasteiger partial charge in [-0.15, -0.1) is 0 Å². The zero-order valence-corrected chi connectivity index (χ0v) is 16.6. The third kappa shape index (κ3) is 3.52. The molecule has 4 rings (SSSR count). The molecule has 8 heteroatoms. The van der Waals surface area contributed by atoms with Crippen molar-refractivity contribution in [1.29, 1.82) is 0 Å². The number of rotatable bonds is 6. The molecule has 1 fully saturated rings. The molecule has 0 radical (unpaired) electrons. The van der Waals surface area contributed by atoms with E-state index in [0.29, 0.717) is 11.8 Å². The van der Waals surface area contributed by atoms with Gasteiger partial charge in [0.1, 0.15) is 23.8 Å². The Balaban J connectivity index is 1.75. The number of anilines is 1. The number of nitrogens with one attached hydrogen (secondary N) is 1. The van der Waals surface area contributed by atoms with Gasteiger partial charge in [-0.2, -0.15) is 10.2 Å². The van der Waals surface area contributed by atoms with Gasteiger partial charge in [0.15, 0.2) is 5.65 Å². The molecule has 27 heavy (non-hydrogen) atoms. The van der Waals surface area contributed by atoms with Crippen molar-refractivity contribution < 1.29 is 0 Å². The van der Waals surface area contributed by atoms with Crippen molar-refractivity contribution in [3.8, 4) is 0 Å². The molecule has 0 aliphatic heterocycles. The molecule has 1 saturated carbocycles. The van der Waals surface area contributed by atoms with Crippen LogP contribution in [0.15, 0.2) is 12.5 Å². The van der Waals surface area contributed by atoms with Gasteiger partial charge in [0, 0.05) is 20.0 Å². The van der Waals surface area contributed by atoms with E-state index in [1.807, 2.05) is 29.7 Å². The Morgan fingerprint density at radius 2 is 1.89 bits per heavy atom. The van der Waals surface area contributed by atoms with Crippen LogP contribution in [-0.4, -0.2) is 34.5 Å². The summed E-state index contributed by atoms with van der Waals surface area (Å²) < 4.78 is 3.67. The predicted octanol–water partition coefficient (Wildman–Crippen LogP) is 3.35. The maximum atomic E-state index is 4.95. The van der Waals surface area contributed by atoms with Crippen LogP contribution in [0.4, 0.5) is 5.82 Å². The van der Waals surface area contributed by atoms with E-state index in [4.69, 9.17) is 9.97 Å². The van der Waals surface area contributed by atoms with Gasteiger partial charge in [-0.3, -0.25) is 9.36 Å². The van der Waals surface area contributed by atoms with Gasteiger partial charge >= 0.3 is 0 Å².